The summed E-state index contributed by atoms with van der Waals surface area (Å²) in [6, 6.07) is 28.9. The lowest BCUT2D eigenvalue weighted by atomic mass is 9.90. The number of ketones is 1. The average Bonchev–Trinajstić information content (AvgIpc) is 3.89. The third-order valence-corrected chi connectivity index (χ3v) is 11.0. The molecule has 18 nitrogen and oxygen atoms in total. The van der Waals surface area contributed by atoms with E-state index in [1.54, 1.807) is 73.7 Å². The van der Waals surface area contributed by atoms with Crippen LogP contribution in [-0.4, -0.2) is 85.4 Å². The summed E-state index contributed by atoms with van der Waals surface area (Å²) in [6.45, 7) is 3.97. The largest absolute Gasteiger partial charge is 0.497 e. The molecule has 0 saturated heterocycles. The Labute approximate surface area is 411 Å². The summed E-state index contributed by atoms with van der Waals surface area (Å²) in [7, 11) is 1.49. The molecule has 1 heterocycles. The molecule has 0 spiro atoms. The number of benzene rings is 4. The van der Waals surface area contributed by atoms with Crippen molar-refractivity contribution in [2.75, 3.05) is 20.4 Å². The Kier molecular flexibility index (Phi) is 20.9. The minimum atomic E-state index is -1.36. The number of carbonyl (C=O) groups excluding carboxylic acids is 8. The highest BCUT2D eigenvalue weighted by Crippen LogP contribution is 2.30. The highest BCUT2D eigenvalue weighted by Gasteiger charge is 2.34. The van der Waals surface area contributed by atoms with Crippen LogP contribution in [0.1, 0.15) is 102 Å². The van der Waals surface area contributed by atoms with Crippen molar-refractivity contribution < 1.29 is 66.6 Å². The standard InChI is InChI=1S/C53H58N4O14/c1-5-7-10-19-41(44(6-2)57(34-58)71-52(64)38-20-23-40(66-4)24-21-38)49(61)54-33-55-51(63)46-27-26-45(70-46)39-22-25-42(47(29-39)67-32-48(60)68-30-36-15-11-8-12-16-36)50(62)56-43(28-35(3)59)53(65)69-31-37-17-13-9-14-18-37/h8-9,11-18,20-27,29,34,41,43-44H,5-7,10,19,28,30-33H2,1-4H3,(H,54,61)(H,55,63)(H,56,62)/t41-,43+,44-/m1/s1. The van der Waals surface area contributed by atoms with Gasteiger partial charge in [-0.3, -0.25) is 24.0 Å². The SMILES string of the molecule is CCCCC[C@@H](C(=O)NCNC(=O)c1ccc(-c2ccc(C(=O)N[C@@H](CC(C)=O)C(=O)OCc3ccccc3)c(OCC(=O)OCc3ccccc3)c2)o1)[C@@H](CC)N(C=O)OC(=O)c1ccc(OC)cc1. The summed E-state index contributed by atoms with van der Waals surface area (Å²) in [5.74, 6) is -5.18. The highest BCUT2D eigenvalue weighted by molar-refractivity contribution is 6.00. The average molecular weight is 975 g/mol. The number of amides is 4. The van der Waals surface area contributed by atoms with Gasteiger partial charge in [0, 0.05) is 12.0 Å². The Bertz CT molecular complexity index is 2580. The second-order valence-electron chi connectivity index (χ2n) is 16.2. The third kappa shape index (κ3) is 16.4. The molecule has 0 fully saturated rings. The van der Waals surface area contributed by atoms with E-state index in [2.05, 4.69) is 16.0 Å². The van der Waals surface area contributed by atoms with Crippen LogP contribution in [0.2, 0.25) is 0 Å². The van der Waals surface area contributed by atoms with E-state index in [1.807, 2.05) is 13.0 Å². The number of furan rings is 1. The van der Waals surface area contributed by atoms with E-state index in [1.165, 1.54) is 56.5 Å². The van der Waals surface area contributed by atoms with Crippen LogP contribution in [0.5, 0.6) is 11.5 Å². The number of hydroxylamine groups is 2. The van der Waals surface area contributed by atoms with Crippen LogP contribution in [0.25, 0.3) is 11.3 Å². The summed E-state index contributed by atoms with van der Waals surface area (Å²) in [4.78, 5) is 110. The van der Waals surface area contributed by atoms with Crippen LogP contribution in [0.3, 0.4) is 0 Å². The summed E-state index contributed by atoms with van der Waals surface area (Å²) in [5, 5.41) is 8.71. The Hall–Kier alpha value is -8.28. The quantitative estimate of drug-likeness (QED) is 0.0152. The highest BCUT2D eigenvalue weighted by atomic mass is 16.7. The van der Waals surface area contributed by atoms with Gasteiger partial charge in [0.1, 0.15) is 42.3 Å². The first-order chi connectivity index (χ1) is 34.3. The van der Waals surface area contributed by atoms with Gasteiger partial charge in [0.2, 0.25) is 12.3 Å². The first kappa shape index (κ1) is 53.7. The number of esters is 2. The predicted octanol–water partition coefficient (Wildman–Crippen LogP) is 6.91. The normalized spacial score (nSPS) is 11.9. The molecule has 18 heteroatoms. The molecule has 0 aliphatic rings. The maximum atomic E-state index is 13.8. The summed E-state index contributed by atoms with van der Waals surface area (Å²) < 4.78 is 27.7. The van der Waals surface area contributed by atoms with Crippen molar-refractivity contribution in [3.63, 3.8) is 0 Å². The number of nitrogens with one attached hydrogen (secondary N) is 3. The van der Waals surface area contributed by atoms with Crippen molar-refractivity contribution in [1.82, 2.24) is 21.0 Å². The van der Waals surface area contributed by atoms with Gasteiger partial charge < -0.3 is 44.2 Å². The van der Waals surface area contributed by atoms with Gasteiger partial charge in [-0.05, 0) is 79.4 Å². The minimum Gasteiger partial charge on any atom is -0.497 e. The van der Waals surface area contributed by atoms with Crippen LogP contribution in [0.15, 0.2) is 120 Å². The zero-order valence-corrected chi connectivity index (χ0v) is 40.0. The van der Waals surface area contributed by atoms with Gasteiger partial charge in [-0.25, -0.2) is 14.4 Å². The van der Waals surface area contributed by atoms with Gasteiger partial charge in [0.15, 0.2) is 12.4 Å². The fourth-order valence-electron chi connectivity index (χ4n) is 7.29. The van der Waals surface area contributed by atoms with Gasteiger partial charge in [-0.15, -0.1) is 0 Å². The van der Waals surface area contributed by atoms with Gasteiger partial charge in [0.25, 0.3) is 11.8 Å². The molecule has 71 heavy (non-hydrogen) atoms. The van der Waals surface area contributed by atoms with E-state index >= 15 is 0 Å². The lowest BCUT2D eigenvalue weighted by molar-refractivity contribution is -0.171. The van der Waals surface area contributed by atoms with Crippen LogP contribution >= 0.6 is 0 Å². The first-order valence-electron chi connectivity index (χ1n) is 23.1. The fraction of sp³-hybridized carbons (Fsp3) is 0.321. The van der Waals surface area contributed by atoms with E-state index in [-0.39, 0.29) is 66.9 Å². The molecule has 4 aromatic carbocycles. The van der Waals surface area contributed by atoms with Crippen molar-refractivity contribution in [1.29, 1.82) is 0 Å². The van der Waals surface area contributed by atoms with Crippen molar-refractivity contribution in [2.45, 2.75) is 84.6 Å². The number of ether oxygens (including phenoxy) is 4. The zero-order chi connectivity index (χ0) is 51.1. The smallest absolute Gasteiger partial charge is 0.363 e. The Morgan fingerprint density at radius 1 is 0.761 bits per heavy atom. The molecule has 3 N–H and O–H groups in total. The molecular formula is C53H58N4O14. The summed E-state index contributed by atoms with van der Waals surface area (Å²) >= 11 is 0. The summed E-state index contributed by atoms with van der Waals surface area (Å²) in [6.07, 6.45) is 2.95. The third-order valence-electron chi connectivity index (χ3n) is 11.0. The fourth-order valence-corrected chi connectivity index (χ4v) is 7.29. The van der Waals surface area contributed by atoms with E-state index in [4.69, 9.17) is 28.2 Å². The number of nitrogens with zero attached hydrogens (tertiary/aromatic N) is 1. The van der Waals surface area contributed by atoms with Gasteiger partial charge in [-0.1, -0.05) is 99.8 Å². The monoisotopic (exact) mass is 974 g/mol. The molecule has 374 valence electrons. The molecule has 0 unspecified atom stereocenters. The number of carbonyl (C=O) groups is 8. The van der Waals surface area contributed by atoms with E-state index in [9.17, 15) is 38.4 Å². The van der Waals surface area contributed by atoms with Gasteiger partial charge in [0.05, 0.1) is 36.9 Å². The second-order valence-corrected chi connectivity index (χ2v) is 16.2. The molecule has 0 saturated carbocycles. The van der Waals surface area contributed by atoms with Gasteiger partial charge >= 0.3 is 17.9 Å². The number of methoxy groups -OCH3 is 1. The lowest BCUT2D eigenvalue weighted by Crippen LogP contribution is -2.49. The number of hydrogen-bond acceptors (Lipinski definition) is 14. The number of hydrogen-bond donors (Lipinski definition) is 3. The van der Waals surface area contributed by atoms with Gasteiger partial charge in [-0.2, -0.15) is 5.06 Å². The van der Waals surface area contributed by atoms with Crippen LogP contribution in [0, 0.1) is 5.92 Å². The van der Waals surface area contributed by atoms with Crippen molar-refractivity contribution in [3.05, 3.63) is 143 Å². The molecule has 3 atom stereocenters. The predicted molar refractivity (Wildman–Crippen MR) is 257 cm³/mol. The first-order valence-corrected chi connectivity index (χ1v) is 23.1. The molecule has 0 aliphatic carbocycles. The minimum absolute atomic E-state index is 0.0318. The van der Waals surface area contributed by atoms with Crippen molar-refractivity contribution in [2.24, 2.45) is 5.92 Å². The topological polar surface area (TPSA) is 235 Å². The van der Waals surface area contributed by atoms with Crippen LogP contribution in [0.4, 0.5) is 0 Å². The molecule has 0 aliphatic heterocycles. The lowest BCUT2D eigenvalue weighted by Gasteiger charge is -2.31. The number of rotatable bonds is 28. The molecule has 5 aromatic rings. The van der Waals surface area contributed by atoms with Crippen molar-refractivity contribution in [3.8, 4) is 22.8 Å². The van der Waals surface area contributed by atoms with E-state index in [0.717, 1.165) is 23.5 Å². The number of Topliss-reactive ketones (excluding diaryl/α,β-unsaturated/α-hetero) is 1. The molecule has 4 amide bonds. The maximum absolute atomic E-state index is 13.8. The zero-order valence-electron chi connectivity index (χ0n) is 40.0. The van der Waals surface area contributed by atoms with Crippen LogP contribution < -0.4 is 25.4 Å². The molecule has 5 rings (SSSR count). The second kappa shape index (κ2) is 27.6. The van der Waals surface area contributed by atoms with Crippen LogP contribution in [-0.2, 0) is 51.5 Å². The molecular weight excluding hydrogens is 917 g/mol. The van der Waals surface area contributed by atoms with Crippen molar-refractivity contribution >= 4 is 47.8 Å². The molecule has 0 radical (unpaired) electrons. The Balaban J connectivity index is 1.28. The Morgan fingerprint density at radius 3 is 2.06 bits per heavy atom. The molecule has 1 aromatic heterocycles. The summed E-state index contributed by atoms with van der Waals surface area (Å²) in [5.41, 5.74) is 1.81. The van der Waals surface area contributed by atoms with E-state index < -0.39 is 60.2 Å². The molecule has 0 bridgehead atoms. The number of unbranched alkanes of at least 4 members (excludes halogenated alkanes) is 2. The maximum Gasteiger partial charge on any atom is 0.363 e. The van der Waals surface area contributed by atoms with E-state index in [0.29, 0.717) is 36.1 Å². The Morgan fingerprint density at radius 2 is 1.44 bits per heavy atom.